The molecule has 7 heteroatoms. The van der Waals surface area contributed by atoms with Crippen LogP contribution in [-0.4, -0.2) is 55.9 Å². The zero-order valence-electron chi connectivity index (χ0n) is 15.2. The van der Waals surface area contributed by atoms with Crippen molar-refractivity contribution in [1.29, 1.82) is 0 Å². The topological polar surface area (TPSA) is 66.5 Å². The molecule has 0 aromatic carbocycles. The van der Waals surface area contributed by atoms with Crippen molar-refractivity contribution in [3.8, 4) is 0 Å². The zero-order valence-corrected chi connectivity index (χ0v) is 16.8. The van der Waals surface area contributed by atoms with Gasteiger partial charge in [0.2, 0.25) is 5.91 Å². The fraction of sp³-hybridized carbons (Fsp3) is 0.941. The SMILES string of the molecule is CNC1CCCN(C(=O)C(C(C)C)S(=O)(=O)C2CCCCC2)C1.Cl. The molecule has 1 aliphatic carbocycles. The van der Waals surface area contributed by atoms with Crippen LogP contribution in [0.2, 0.25) is 0 Å². The van der Waals surface area contributed by atoms with Crippen molar-refractivity contribution in [3.63, 3.8) is 0 Å². The summed E-state index contributed by atoms with van der Waals surface area (Å²) in [4.78, 5) is 14.8. The second kappa shape index (κ2) is 9.39. The van der Waals surface area contributed by atoms with E-state index in [9.17, 15) is 13.2 Å². The first-order valence-corrected chi connectivity index (χ1v) is 10.7. The Bertz CT molecular complexity index is 504. The van der Waals surface area contributed by atoms with Crippen LogP contribution >= 0.6 is 12.4 Å². The van der Waals surface area contributed by atoms with Gasteiger partial charge in [0.1, 0.15) is 5.25 Å². The third kappa shape index (κ3) is 4.85. The highest BCUT2D eigenvalue weighted by Crippen LogP contribution is 2.30. The standard InChI is InChI=1S/C17H32N2O3S.ClH/c1-13(2)16(23(21,22)15-9-5-4-6-10-15)17(20)19-11-7-8-14(12-19)18-3;/h13-16,18H,4-12H2,1-3H3;1H. The molecule has 0 spiro atoms. The Hall–Kier alpha value is -0.330. The fourth-order valence-electron chi connectivity index (χ4n) is 4.00. The second-order valence-electron chi connectivity index (χ2n) is 7.43. The third-order valence-electron chi connectivity index (χ3n) is 5.36. The first-order valence-electron chi connectivity index (χ1n) is 9.06. The highest BCUT2D eigenvalue weighted by atomic mass is 35.5. The van der Waals surface area contributed by atoms with Crippen molar-refractivity contribution in [1.82, 2.24) is 10.2 Å². The van der Waals surface area contributed by atoms with Crippen LogP contribution in [0.1, 0.15) is 58.8 Å². The molecule has 0 aromatic rings. The summed E-state index contributed by atoms with van der Waals surface area (Å²) >= 11 is 0. The number of likely N-dealkylation sites (tertiary alicyclic amines) is 1. The lowest BCUT2D eigenvalue weighted by Crippen LogP contribution is -2.54. The van der Waals surface area contributed by atoms with Gasteiger partial charge in [-0.2, -0.15) is 0 Å². The Labute approximate surface area is 153 Å². The predicted molar refractivity (Wildman–Crippen MR) is 100 cm³/mol. The van der Waals surface area contributed by atoms with Crippen LogP contribution in [0.3, 0.4) is 0 Å². The van der Waals surface area contributed by atoms with E-state index in [1.807, 2.05) is 20.9 Å². The summed E-state index contributed by atoms with van der Waals surface area (Å²) in [6.07, 6.45) is 6.47. The van der Waals surface area contributed by atoms with E-state index in [0.717, 1.165) is 44.9 Å². The monoisotopic (exact) mass is 380 g/mol. The van der Waals surface area contributed by atoms with E-state index < -0.39 is 15.1 Å². The second-order valence-corrected chi connectivity index (χ2v) is 9.78. The minimum absolute atomic E-state index is 0. The quantitative estimate of drug-likeness (QED) is 0.795. The van der Waals surface area contributed by atoms with Crippen LogP contribution in [0.15, 0.2) is 0 Å². The summed E-state index contributed by atoms with van der Waals surface area (Å²) in [6, 6.07) is 0.276. The van der Waals surface area contributed by atoms with Gasteiger partial charge in [-0.05, 0) is 38.6 Å². The predicted octanol–water partition coefficient (Wildman–Crippen LogP) is 2.39. The molecule has 1 heterocycles. The van der Waals surface area contributed by atoms with Gasteiger partial charge in [0.15, 0.2) is 9.84 Å². The molecule has 2 aliphatic rings. The van der Waals surface area contributed by atoms with Crippen LogP contribution in [0.5, 0.6) is 0 Å². The van der Waals surface area contributed by atoms with Crippen molar-refractivity contribution >= 4 is 28.2 Å². The maximum Gasteiger partial charge on any atom is 0.241 e. The summed E-state index contributed by atoms with van der Waals surface area (Å²) in [5.74, 6) is -0.352. The van der Waals surface area contributed by atoms with Crippen LogP contribution in [0, 0.1) is 5.92 Å². The first kappa shape index (κ1) is 21.7. The molecule has 2 atom stereocenters. The molecule has 5 nitrogen and oxygen atoms in total. The molecule has 1 amide bonds. The first-order chi connectivity index (χ1) is 10.9. The molecule has 0 aromatic heterocycles. The summed E-state index contributed by atoms with van der Waals surface area (Å²) < 4.78 is 26.2. The van der Waals surface area contributed by atoms with Crippen molar-refractivity contribution in [2.45, 2.75) is 75.3 Å². The van der Waals surface area contributed by atoms with Gasteiger partial charge in [-0.1, -0.05) is 33.1 Å². The molecule has 1 saturated carbocycles. The minimum atomic E-state index is -3.41. The lowest BCUT2D eigenvalue weighted by atomic mass is 10.0. The maximum atomic E-state index is 13.1. The number of carbonyl (C=O) groups is 1. The van der Waals surface area contributed by atoms with E-state index >= 15 is 0 Å². The number of sulfone groups is 1. The smallest absolute Gasteiger partial charge is 0.241 e. The van der Waals surface area contributed by atoms with E-state index in [4.69, 9.17) is 0 Å². The van der Waals surface area contributed by atoms with Crippen molar-refractivity contribution in [2.24, 2.45) is 5.92 Å². The highest BCUT2D eigenvalue weighted by molar-refractivity contribution is 7.93. The molecular formula is C17H33ClN2O3S. The Morgan fingerprint density at radius 2 is 1.71 bits per heavy atom. The minimum Gasteiger partial charge on any atom is -0.340 e. The Morgan fingerprint density at radius 3 is 2.25 bits per heavy atom. The van der Waals surface area contributed by atoms with Gasteiger partial charge in [-0.15, -0.1) is 12.4 Å². The van der Waals surface area contributed by atoms with Crippen molar-refractivity contribution in [3.05, 3.63) is 0 Å². The number of carbonyl (C=O) groups excluding carboxylic acids is 1. The third-order valence-corrected chi connectivity index (χ3v) is 8.22. The maximum absolute atomic E-state index is 13.1. The van der Waals surface area contributed by atoms with E-state index in [0.29, 0.717) is 13.1 Å². The average molecular weight is 381 g/mol. The van der Waals surface area contributed by atoms with Gasteiger partial charge in [0.25, 0.3) is 0 Å². The molecular weight excluding hydrogens is 348 g/mol. The number of hydrogen-bond donors (Lipinski definition) is 1. The Kier molecular flexibility index (Phi) is 8.50. The number of likely N-dealkylation sites (N-methyl/N-ethyl adjacent to an activating group) is 1. The molecule has 1 saturated heterocycles. The van der Waals surface area contributed by atoms with Gasteiger partial charge in [-0.3, -0.25) is 4.79 Å². The molecule has 2 unspecified atom stereocenters. The molecule has 1 aliphatic heterocycles. The van der Waals surface area contributed by atoms with Crippen molar-refractivity contribution < 1.29 is 13.2 Å². The largest absolute Gasteiger partial charge is 0.340 e. The zero-order chi connectivity index (χ0) is 17.0. The van der Waals surface area contributed by atoms with E-state index in [1.165, 1.54) is 0 Å². The summed E-state index contributed by atoms with van der Waals surface area (Å²) in [5.41, 5.74) is 0. The molecule has 0 radical (unpaired) electrons. The Balaban J connectivity index is 0.00000288. The van der Waals surface area contributed by atoms with Crippen LogP contribution in [0.25, 0.3) is 0 Å². The number of piperidine rings is 1. The van der Waals surface area contributed by atoms with Gasteiger partial charge in [0.05, 0.1) is 5.25 Å². The van der Waals surface area contributed by atoms with E-state index in [1.54, 1.807) is 4.90 Å². The van der Waals surface area contributed by atoms with Crippen LogP contribution in [0.4, 0.5) is 0 Å². The summed E-state index contributed by atoms with van der Waals surface area (Å²) in [5, 5.41) is 2.02. The van der Waals surface area contributed by atoms with E-state index in [-0.39, 0.29) is 35.5 Å². The molecule has 24 heavy (non-hydrogen) atoms. The number of nitrogens with one attached hydrogen (secondary N) is 1. The lowest BCUT2D eigenvalue weighted by molar-refractivity contribution is -0.132. The molecule has 142 valence electrons. The van der Waals surface area contributed by atoms with E-state index in [2.05, 4.69) is 5.32 Å². The molecule has 2 fully saturated rings. The van der Waals surface area contributed by atoms with Crippen LogP contribution in [-0.2, 0) is 14.6 Å². The van der Waals surface area contributed by atoms with Gasteiger partial charge >= 0.3 is 0 Å². The molecule has 2 rings (SSSR count). The normalized spacial score (nSPS) is 24.5. The van der Waals surface area contributed by atoms with Crippen molar-refractivity contribution in [2.75, 3.05) is 20.1 Å². The lowest BCUT2D eigenvalue weighted by Gasteiger charge is -2.37. The molecule has 1 N–H and O–H groups in total. The van der Waals surface area contributed by atoms with Gasteiger partial charge in [-0.25, -0.2) is 8.42 Å². The number of halogens is 1. The average Bonchev–Trinajstić information content (AvgIpc) is 2.55. The highest BCUT2D eigenvalue weighted by Gasteiger charge is 2.43. The van der Waals surface area contributed by atoms with Gasteiger partial charge < -0.3 is 10.2 Å². The number of hydrogen-bond acceptors (Lipinski definition) is 4. The number of nitrogens with zero attached hydrogens (tertiary/aromatic N) is 1. The number of rotatable bonds is 5. The summed E-state index contributed by atoms with van der Waals surface area (Å²) in [7, 11) is -1.51. The van der Waals surface area contributed by atoms with Crippen LogP contribution < -0.4 is 5.32 Å². The summed E-state index contributed by atoms with van der Waals surface area (Å²) in [6.45, 7) is 5.03. The van der Waals surface area contributed by atoms with Gasteiger partial charge in [0, 0.05) is 19.1 Å². The fourth-order valence-corrected chi connectivity index (χ4v) is 6.59. The number of amides is 1. The molecule has 0 bridgehead atoms. The Morgan fingerprint density at radius 1 is 1.08 bits per heavy atom.